The molecule has 4 heterocycles. The van der Waals surface area contributed by atoms with Crippen LogP contribution < -0.4 is 14.8 Å². The van der Waals surface area contributed by atoms with E-state index in [1.807, 2.05) is 19.2 Å². The second-order valence-electron chi connectivity index (χ2n) is 7.70. The second-order valence-corrected chi connectivity index (χ2v) is 8.68. The first-order valence-corrected chi connectivity index (χ1v) is 11.0. The fourth-order valence-corrected chi connectivity index (χ4v) is 5.18. The van der Waals surface area contributed by atoms with Gasteiger partial charge in [0.25, 0.3) is 5.82 Å². The van der Waals surface area contributed by atoms with E-state index in [2.05, 4.69) is 44.4 Å². The fourth-order valence-electron chi connectivity index (χ4n) is 4.35. The van der Waals surface area contributed by atoms with Crippen molar-refractivity contribution >= 4 is 28.9 Å². The molecule has 0 amide bonds. The quantitative estimate of drug-likeness (QED) is 0.669. The van der Waals surface area contributed by atoms with Crippen molar-refractivity contribution in [1.29, 1.82) is 0 Å². The molecule has 1 aliphatic carbocycles. The number of rotatable bonds is 3. The summed E-state index contributed by atoms with van der Waals surface area (Å²) in [5.74, 6) is 2.32. The summed E-state index contributed by atoms with van der Waals surface area (Å²) in [4.78, 5) is 31.6. The fraction of sp³-hybridized carbons (Fsp3) is 0.364. The van der Waals surface area contributed by atoms with Crippen molar-refractivity contribution < 1.29 is 9.78 Å². The summed E-state index contributed by atoms with van der Waals surface area (Å²) < 4.78 is 0. The van der Waals surface area contributed by atoms with Crippen molar-refractivity contribution in [3.05, 3.63) is 63.7 Å². The van der Waals surface area contributed by atoms with Crippen LogP contribution in [0.1, 0.15) is 39.0 Å². The van der Waals surface area contributed by atoms with Gasteiger partial charge in [-0.25, -0.2) is 15.0 Å². The molecule has 3 aromatic heterocycles. The molecular formula is C22H24N5OS+. The zero-order valence-electron chi connectivity index (χ0n) is 16.5. The summed E-state index contributed by atoms with van der Waals surface area (Å²) >= 11 is 1.73. The number of fused-ring (bicyclic) bond motifs is 1. The van der Waals surface area contributed by atoms with Crippen LogP contribution in [0.3, 0.4) is 0 Å². The second kappa shape index (κ2) is 7.55. The predicted molar refractivity (Wildman–Crippen MR) is 114 cm³/mol. The molecule has 6 nitrogen and oxygen atoms in total. The van der Waals surface area contributed by atoms with Gasteiger partial charge in [0, 0.05) is 23.3 Å². The number of nitrogens with one attached hydrogen (secondary N) is 1. The molecule has 0 bridgehead atoms. The lowest BCUT2D eigenvalue weighted by molar-refractivity contribution is -0.364. The van der Waals surface area contributed by atoms with Gasteiger partial charge in [0.1, 0.15) is 13.1 Å². The zero-order chi connectivity index (χ0) is 19.8. The molecule has 29 heavy (non-hydrogen) atoms. The number of H-pyrrole nitrogens is 1. The number of pyridine rings is 1. The Bertz CT molecular complexity index is 1010. The zero-order valence-corrected chi connectivity index (χ0v) is 17.3. The molecule has 1 N–H and O–H groups in total. The maximum atomic E-state index is 12.8. The van der Waals surface area contributed by atoms with Crippen LogP contribution in [0.25, 0.3) is 0 Å². The molecule has 0 spiro atoms. The number of aryl methyl sites for hydroxylation is 1. The molecular weight excluding hydrogens is 382 g/mol. The Balaban J connectivity index is 1.37. The van der Waals surface area contributed by atoms with E-state index < -0.39 is 0 Å². The van der Waals surface area contributed by atoms with E-state index in [9.17, 15) is 4.79 Å². The summed E-state index contributed by atoms with van der Waals surface area (Å²) in [7, 11) is 0. The Labute approximate surface area is 174 Å². The number of anilines is 2. The molecule has 1 atom stereocenters. The number of carbonyl (C=O) groups excluding carboxylic acids is 1. The largest absolute Gasteiger partial charge is 0.333 e. The number of piperazine rings is 1. The van der Waals surface area contributed by atoms with Crippen LogP contribution in [0.4, 0.5) is 11.8 Å². The standard InChI is InChI=1S/C22H23N5OS/c1-15-21-17(13-16(14-18(21)28)19-5-4-12-29-19)25-22(24-15)27-10-8-26(9-11-27)20-6-2-3-7-23-20/h2-7,12,16H,8-11,13-14H2,1H3/p+1/t16-/m1/s1. The molecule has 148 valence electrons. The smallest absolute Gasteiger partial charge is 0.274 e. The maximum Gasteiger partial charge on any atom is 0.274 e. The molecule has 7 heteroatoms. The van der Waals surface area contributed by atoms with Crippen LogP contribution in [0, 0.1) is 6.92 Å². The molecule has 0 radical (unpaired) electrons. The molecule has 0 aromatic carbocycles. The first kappa shape index (κ1) is 18.2. The SMILES string of the molecule is Cc1nc(N2CCN(c3cccc[nH+]3)CC2)nc2c1C(=O)C[C@H](c1cccs1)C2. The van der Waals surface area contributed by atoms with Gasteiger partial charge >= 0.3 is 0 Å². The molecule has 0 unspecified atom stereocenters. The van der Waals surface area contributed by atoms with Crippen LogP contribution in [0.2, 0.25) is 0 Å². The summed E-state index contributed by atoms with van der Waals surface area (Å²) in [6.45, 7) is 5.50. The van der Waals surface area contributed by atoms with E-state index in [1.54, 1.807) is 11.3 Å². The van der Waals surface area contributed by atoms with Gasteiger partial charge in [-0.15, -0.1) is 11.3 Å². The average molecular weight is 407 g/mol. The van der Waals surface area contributed by atoms with Crippen molar-refractivity contribution in [1.82, 2.24) is 9.97 Å². The van der Waals surface area contributed by atoms with Crippen molar-refractivity contribution in [2.24, 2.45) is 0 Å². The molecule has 0 saturated carbocycles. The number of aromatic amines is 1. The highest BCUT2D eigenvalue weighted by Gasteiger charge is 2.32. The Morgan fingerprint density at radius 1 is 1.03 bits per heavy atom. The lowest BCUT2D eigenvalue weighted by Gasteiger charge is -2.32. The van der Waals surface area contributed by atoms with Gasteiger partial charge in [0.05, 0.1) is 36.2 Å². The van der Waals surface area contributed by atoms with Gasteiger partial charge in [0.15, 0.2) is 5.78 Å². The summed E-state index contributed by atoms with van der Waals surface area (Å²) in [6.07, 6.45) is 3.33. The topological polar surface area (TPSA) is 63.5 Å². The number of Topliss-reactive ketones (excluding diaryl/α,β-unsaturated/α-hetero) is 1. The summed E-state index contributed by atoms with van der Waals surface area (Å²) in [5, 5.41) is 2.08. The lowest BCUT2D eigenvalue weighted by Crippen LogP contribution is -2.48. The molecule has 2 aliphatic rings. The highest BCUT2D eigenvalue weighted by molar-refractivity contribution is 7.10. The van der Waals surface area contributed by atoms with E-state index in [0.29, 0.717) is 6.42 Å². The van der Waals surface area contributed by atoms with Gasteiger partial charge < -0.3 is 4.90 Å². The normalized spacial score (nSPS) is 19.3. The number of hydrogen-bond acceptors (Lipinski definition) is 6. The van der Waals surface area contributed by atoms with E-state index in [1.165, 1.54) is 4.88 Å². The molecule has 1 aliphatic heterocycles. The predicted octanol–water partition coefficient (Wildman–Crippen LogP) is 2.90. The van der Waals surface area contributed by atoms with Crippen molar-refractivity contribution in [2.75, 3.05) is 36.0 Å². The van der Waals surface area contributed by atoms with Crippen LogP contribution >= 0.6 is 11.3 Å². The first-order chi connectivity index (χ1) is 14.2. The van der Waals surface area contributed by atoms with Crippen LogP contribution in [0.15, 0.2) is 41.9 Å². The van der Waals surface area contributed by atoms with Crippen molar-refractivity contribution in [3.8, 4) is 0 Å². The highest BCUT2D eigenvalue weighted by atomic mass is 32.1. The van der Waals surface area contributed by atoms with Crippen molar-refractivity contribution in [3.63, 3.8) is 0 Å². The molecule has 3 aromatic rings. The van der Waals surface area contributed by atoms with Crippen LogP contribution in [0.5, 0.6) is 0 Å². The van der Waals surface area contributed by atoms with Crippen LogP contribution in [-0.2, 0) is 6.42 Å². The number of carbonyl (C=O) groups is 1. The number of aromatic nitrogens is 3. The van der Waals surface area contributed by atoms with E-state index in [-0.39, 0.29) is 11.7 Å². The van der Waals surface area contributed by atoms with Gasteiger partial charge in [-0.1, -0.05) is 12.1 Å². The number of hydrogen-bond donors (Lipinski definition) is 0. The molecule has 1 saturated heterocycles. The maximum absolute atomic E-state index is 12.8. The highest BCUT2D eigenvalue weighted by Crippen LogP contribution is 2.35. The van der Waals surface area contributed by atoms with E-state index in [0.717, 1.165) is 61.3 Å². The third-order valence-corrected chi connectivity index (χ3v) is 6.88. The van der Waals surface area contributed by atoms with Gasteiger partial charge in [-0.3, -0.25) is 9.69 Å². The third-order valence-electron chi connectivity index (χ3n) is 5.84. The Kier molecular flexibility index (Phi) is 4.75. The first-order valence-electron chi connectivity index (χ1n) is 10.1. The van der Waals surface area contributed by atoms with Crippen molar-refractivity contribution in [2.45, 2.75) is 25.7 Å². The minimum atomic E-state index is 0.179. The lowest BCUT2D eigenvalue weighted by atomic mass is 9.84. The van der Waals surface area contributed by atoms with E-state index in [4.69, 9.17) is 9.97 Å². The Morgan fingerprint density at radius 2 is 1.86 bits per heavy atom. The monoisotopic (exact) mass is 406 g/mol. The number of nitrogens with zero attached hydrogens (tertiary/aromatic N) is 4. The molecule has 5 rings (SSSR count). The van der Waals surface area contributed by atoms with Gasteiger partial charge in [-0.2, -0.15) is 0 Å². The number of ketones is 1. The summed E-state index contributed by atoms with van der Waals surface area (Å²) in [5.41, 5.74) is 2.48. The Morgan fingerprint density at radius 3 is 2.59 bits per heavy atom. The van der Waals surface area contributed by atoms with E-state index >= 15 is 0 Å². The minimum Gasteiger partial charge on any atom is -0.333 e. The molecule has 1 fully saturated rings. The summed E-state index contributed by atoms with van der Waals surface area (Å²) in [6, 6.07) is 10.3. The Hall–Kier alpha value is -2.80. The van der Waals surface area contributed by atoms with Gasteiger partial charge in [-0.05, 0) is 30.9 Å². The van der Waals surface area contributed by atoms with Gasteiger partial charge in [0.2, 0.25) is 5.95 Å². The van der Waals surface area contributed by atoms with Crippen LogP contribution in [-0.4, -0.2) is 41.9 Å². The third kappa shape index (κ3) is 3.51. The average Bonchev–Trinajstić information content (AvgIpc) is 3.29. The minimum absolute atomic E-state index is 0.179. The number of thiophene rings is 1.